The molecule has 0 radical (unpaired) electrons. The summed E-state index contributed by atoms with van der Waals surface area (Å²) in [6, 6.07) is 16.6. The summed E-state index contributed by atoms with van der Waals surface area (Å²) in [6.07, 6.45) is 8.66. The number of aromatic nitrogens is 2. The van der Waals surface area contributed by atoms with Crippen molar-refractivity contribution in [3.8, 4) is 0 Å². The van der Waals surface area contributed by atoms with Crippen LogP contribution in [-0.4, -0.2) is 34.8 Å². The number of benzene rings is 2. The van der Waals surface area contributed by atoms with Crippen LogP contribution < -0.4 is 11.1 Å². The number of rotatable bonds is 5. The summed E-state index contributed by atoms with van der Waals surface area (Å²) in [6.45, 7) is 6.82. The van der Waals surface area contributed by atoms with Crippen LogP contribution in [0.1, 0.15) is 31.9 Å². The number of nitrogens with zero attached hydrogens (tertiary/aromatic N) is 2. The van der Waals surface area contributed by atoms with E-state index in [0.29, 0.717) is 13.1 Å². The van der Waals surface area contributed by atoms with Gasteiger partial charge >= 0.3 is 6.09 Å². The molecule has 33 heavy (non-hydrogen) atoms. The van der Waals surface area contributed by atoms with Crippen molar-refractivity contribution in [3.05, 3.63) is 84.4 Å². The van der Waals surface area contributed by atoms with E-state index in [1.165, 1.54) is 21.9 Å². The van der Waals surface area contributed by atoms with Crippen LogP contribution in [0.2, 0.25) is 0 Å². The Hall–Kier alpha value is -3.51. The minimum atomic E-state index is -0.458. The number of ether oxygens (including phenoxy) is 1. The summed E-state index contributed by atoms with van der Waals surface area (Å²) in [5.74, 6) is 0. The van der Waals surface area contributed by atoms with Crippen molar-refractivity contribution in [1.82, 2.24) is 15.3 Å². The number of nitrogens with two attached hydrogens (primary N) is 1. The quantitative estimate of drug-likeness (QED) is 0.450. The molecule has 1 amide bonds. The standard InChI is InChI=1S/C16H20N2O2.C11H12N2/c1-16(2,3)20-15(19)18-9-6-12-4-5-14-11-17-8-7-13(14)10-12;12-5-3-9-1-2-11-8-13-6-4-10(11)7-9/h4-5,7-8,10-11H,6,9H2,1-3H3,(H,18,19);1-2,4,6-8H,3,5,12H2. The zero-order valence-corrected chi connectivity index (χ0v) is 19.5. The van der Waals surface area contributed by atoms with E-state index < -0.39 is 5.60 Å². The zero-order valence-electron chi connectivity index (χ0n) is 19.5. The predicted molar refractivity (Wildman–Crippen MR) is 134 cm³/mol. The first kappa shape index (κ1) is 24.1. The van der Waals surface area contributed by atoms with E-state index in [4.69, 9.17) is 10.5 Å². The molecule has 0 spiro atoms. The number of fused-ring (bicyclic) bond motifs is 2. The monoisotopic (exact) mass is 444 g/mol. The largest absolute Gasteiger partial charge is 0.444 e. The van der Waals surface area contributed by atoms with Gasteiger partial charge in [-0.3, -0.25) is 9.97 Å². The average molecular weight is 445 g/mol. The van der Waals surface area contributed by atoms with E-state index in [9.17, 15) is 4.79 Å². The molecule has 0 fully saturated rings. The van der Waals surface area contributed by atoms with Gasteiger partial charge in [0.25, 0.3) is 0 Å². The fraction of sp³-hybridized carbons (Fsp3) is 0.296. The lowest BCUT2D eigenvalue weighted by Crippen LogP contribution is -2.33. The molecule has 2 heterocycles. The van der Waals surface area contributed by atoms with Gasteiger partial charge in [-0.25, -0.2) is 4.79 Å². The Morgan fingerprint density at radius 2 is 1.39 bits per heavy atom. The number of amides is 1. The fourth-order valence-corrected chi connectivity index (χ4v) is 3.37. The highest BCUT2D eigenvalue weighted by Gasteiger charge is 2.15. The van der Waals surface area contributed by atoms with Crippen LogP contribution in [0, 0.1) is 0 Å². The molecule has 0 aliphatic rings. The highest BCUT2D eigenvalue weighted by Crippen LogP contribution is 2.15. The second kappa shape index (κ2) is 11.4. The Bertz CT molecular complexity index is 1200. The number of carbonyl (C=O) groups excluding carboxylic acids is 1. The summed E-state index contributed by atoms with van der Waals surface area (Å²) in [5.41, 5.74) is 7.51. The van der Waals surface area contributed by atoms with Crippen LogP contribution >= 0.6 is 0 Å². The first-order valence-corrected chi connectivity index (χ1v) is 11.2. The van der Waals surface area contributed by atoms with Crippen molar-refractivity contribution in [2.75, 3.05) is 13.1 Å². The lowest BCUT2D eigenvalue weighted by Gasteiger charge is -2.19. The Labute approximate surface area is 195 Å². The van der Waals surface area contributed by atoms with E-state index in [2.05, 4.69) is 45.6 Å². The Morgan fingerprint density at radius 3 is 1.91 bits per heavy atom. The van der Waals surface area contributed by atoms with Gasteiger partial charge in [0.1, 0.15) is 5.60 Å². The van der Waals surface area contributed by atoms with E-state index in [-0.39, 0.29) is 6.09 Å². The van der Waals surface area contributed by atoms with Crippen LogP contribution in [0.4, 0.5) is 4.79 Å². The van der Waals surface area contributed by atoms with Crippen LogP contribution in [0.5, 0.6) is 0 Å². The Kier molecular flexibility index (Phi) is 8.33. The SMILES string of the molecule is CC(C)(C)OC(=O)NCCc1ccc2cnccc2c1.NCCc1ccc2cnccc2c1. The maximum absolute atomic E-state index is 11.5. The molecule has 2 aromatic carbocycles. The Balaban J connectivity index is 0.000000203. The third-order valence-corrected chi connectivity index (χ3v) is 4.92. The molecule has 0 saturated heterocycles. The molecule has 0 bridgehead atoms. The summed E-state index contributed by atoms with van der Waals surface area (Å²) < 4.78 is 5.19. The van der Waals surface area contributed by atoms with Crippen molar-refractivity contribution in [3.63, 3.8) is 0 Å². The van der Waals surface area contributed by atoms with Crippen LogP contribution in [0.15, 0.2) is 73.3 Å². The van der Waals surface area contributed by atoms with Crippen molar-refractivity contribution in [2.24, 2.45) is 5.73 Å². The lowest BCUT2D eigenvalue weighted by atomic mass is 10.1. The molecule has 0 atom stereocenters. The minimum absolute atomic E-state index is 0.373. The molecule has 4 aromatic rings. The highest BCUT2D eigenvalue weighted by atomic mass is 16.6. The maximum atomic E-state index is 11.5. The number of carbonyl (C=O) groups is 1. The minimum Gasteiger partial charge on any atom is -0.444 e. The van der Waals surface area contributed by atoms with Gasteiger partial charge in [0.15, 0.2) is 0 Å². The molecular weight excluding hydrogens is 412 g/mol. The van der Waals surface area contributed by atoms with Crippen molar-refractivity contribution in [2.45, 2.75) is 39.2 Å². The number of alkyl carbamates (subject to hydrolysis) is 1. The van der Waals surface area contributed by atoms with E-state index in [0.717, 1.165) is 23.6 Å². The fourth-order valence-electron chi connectivity index (χ4n) is 3.37. The van der Waals surface area contributed by atoms with Gasteiger partial charge in [0.05, 0.1) is 0 Å². The number of hydrogen-bond donors (Lipinski definition) is 2. The summed E-state index contributed by atoms with van der Waals surface area (Å²) in [5, 5.41) is 7.47. The number of hydrogen-bond acceptors (Lipinski definition) is 5. The second-order valence-electron chi connectivity index (χ2n) is 8.83. The van der Waals surface area contributed by atoms with Crippen LogP contribution in [0.25, 0.3) is 21.5 Å². The van der Waals surface area contributed by atoms with Crippen molar-refractivity contribution < 1.29 is 9.53 Å². The molecule has 0 aliphatic carbocycles. The summed E-state index contributed by atoms with van der Waals surface area (Å²) in [7, 11) is 0. The molecule has 0 unspecified atom stereocenters. The van der Waals surface area contributed by atoms with Gasteiger partial charge in [0, 0.05) is 42.1 Å². The molecule has 4 rings (SSSR count). The smallest absolute Gasteiger partial charge is 0.407 e. The highest BCUT2D eigenvalue weighted by molar-refractivity contribution is 5.82. The van der Waals surface area contributed by atoms with Gasteiger partial charge in [-0.1, -0.05) is 36.4 Å². The Morgan fingerprint density at radius 1 is 0.848 bits per heavy atom. The van der Waals surface area contributed by atoms with Gasteiger partial charge in [-0.05, 0) is 74.2 Å². The topological polar surface area (TPSA) is 90.1 Å². The molecule has 3 N–H and O–H groups in total. The van der Waals surface area contributed by atoms with E-state index in [1.54, 1.807) is 6.20 Å². The summed E-state index contributed by atoms with van der Waals surface area (Å²) in [4.78, 5) is 19.7. The first-order valence-electron chi connectivity index (χ1n) is 11.2. The number of pyridine rings is 2. The predicted octanol–water partition coefficient (Wildman–Crippen LogP) is 5.04. The maximum Gasteiger partial charge on any atom is 0.407 e. The van der Waals surface area contributed by atoms with Gasteiger partial charge < -0.3 is 15.8 Å². The molecule has 172 valence electrons. The normalized spacial score (nSPS) is 11.0. The van der Waals surface area contributed by atoms with Gasteiger partial charge in [0.2, 0.25) is 0 Å². The van der Waals surface area contributed by atoms with Gasteiger partial charge in [-0.15, -0.1) is 0 Å². The van der Waals surface area contributed by atoms with Gasteiger partial charge in [-0.2, -0.15) is 0 Å². The second-order valence-corrected chi connectivity index (χ2v) is 8.83. The van der Waals surface area contributed by atoms with Crippen LogP contribution in [0.3, 0.4) is 0 Å². The zero-order chi connectivity index (χ0) is 23.7. The molecule has 2 aromatic heterocycles. The molecule has 6 nitrogen and oxygen atoms in total. The average Bonchev–Trinajstić information content (AvgIpc) is 2.78. The lowest BCUT2D eigenvalue weighted by molar-refractivity contribution is 0.0528. The third kappa shape index (κ3) is 7.84. The third-order valence-electron chi connectivity index (χ3n) is 4.92. The molecular formula is C27H32N4O2. The molecule has 0 aliphatic heterocycles. The first-order chi connectivity index (χ1) is 15.8. The van der Waals surface area contributed by atoms with Crippen molar-refractivity contribution >= 4 is 27.6 Å². The molecule has 0 saturated carbocycles. The van der Waals surface area contributed by atoms with E-state index >= 15 is 0 Å². The summed E-state index contributed by atoms with van der Waals surface area (Å²) >= 11 is 0. The molecule has 6 heteroatoms. The number of nitrogens with one attached hydrogen (secondary N) is 1. The van der Waals surface area contributed by atoms with Crippen LogP contribution in [-0.2, 0) is 17.6 Å². The van der Waals surface area contributed by atoms with Crippen molar-refractivity contribution in [1.29, 1.82) is 0 Å². The van der Waals surface area contributed by atoms with E-state index in [1.807, 2.05) is 57.6 Å².